The van der Waals surface area contributed by atoms with Crippen LogP contribution < -0.4 is 18.9 Å². The van der Waals surface area contributed by atoms with E-state index in [-0.39, 0.29) is 63.2 Å². The van der Waals surface area contributed by atoms with E-state index in [9.17, 15) is 20.3 Å². The second-order valence-electron chi connectivity index (χ2n) is 16.8. The number of aliphatic hydroxyl groups is 2. The zero-order valence-electron chi connectivity index (χ0n) is 36.6. The quantitative estimate of drug-likeness (QED) is 0.0376. The molecule has 65 heavy (non-hydrogen) atoms. The summed E-state index contributed by atoms with van der Waals surface area (Å²) in [4.78, 5) is 34.8. The third-order valence-electron chi connectivity index (χ3n) is 12.9. The first-order valence-electron chi connectivity index (χ1n) is 22.5. The van der Waals surface area contributed by atoms with E-state index in [0.717, 1.165) is 48.7 Å². The zero-order chi connectivity index (χ0) is 45.3. The van der Waals surface area contributed by atoms with Gasteiger partial charge in [-0.05, 0) is 122 Å². The maximum Gasteiger partial charge on any atom is 0.254 e. The zero-order valence-corrected chi connectivity index (χ0v) is 36.6. The Bertz CT molecular complexity index is 2460. The molecule has 4 aromatic rings. The number of unbranched alkanes of at least 4 members (excludes halogenated alkanes) is 2. The molecule has 2 aliphatic carbocycles. The Morgan fingerprint density at radius 1 is 0.954 bits per heavy atom. The Kier molecular flexibility index (Phi) is 14.3. The third kappa shape index (κ3) is 9.38. The molecular weight excluding hydrogens is 827 g/mol. The van der Waals surface area contributed by atoms with E-state index in [1.165, 1.54) is 0 Å². The minimum Gasteiger partial charge on any atom is -0.459 e. The van der Waals surface area contributed by atoms with Crippen LogP contribution in [0.3, 0.4) is 0 Å². The summed E-state index contributed by atoms with van der Waals surface area (Å²) in [6.45, 7) is 6.67. The van der Waals surface area contributed by atoms with Gasteiger partial charge >= 0.3 is 0 Å². The second kappa shape index (κ2) is 20.6. The van der Waals surface area contributed by atoms with Gasteiger partial charge in [0.05, 0.1) is 29.9 Å². The molecule has 0 saturated heterocycles. The lowest BCUT2D eigenvalue weighted by atomic mass is 9.55. The summed E-state index contributed by atoms with van der Waals surface area (Å²) < 4.78 is 32.5. The first-order valence-corrected chi connectivity index (χ1v) is 22.5. The molecule has 2 heterocycles. The number of hydrogen-bond donors (Lipinski definition) is 2. The molecule has 1 saturated carbocycles. The van der Waals surface area contributed by atoms with Crippen molar-refractivity contribution < 1.29 is 48.3 Å². The number of nitrogens with zero attached hydrogens (tertiary/aromatic N) is 3. The summed E-state index contributed by atoms with van der Waals surface area (Å²) in [6.07, 6.45) is 9.32. The van der Waals surface area contributed by atoms with Gasteiger partial charge in [0.1, 0.15) is 36.2 Å². The number of benzene rings is 4. The number of amides is 1. The largest absolute Gasteiger partial charge is 0.459 e. The number of rotatable bonds is 20. The molecule has 2 aliphatic heterocycles. The second-order valence-corrected chi connectivity index (χ2v) is 16.8. The molecular formula is C52H55N3O10. The summed E-state index contributed by atoms with van der Waals surface area (Å²) in [5, 5.41) is 34.4. The Balaban J connectivity index is 1.35. The normalized spacial score (nSPS) is 23.0. The highest BCUT2D eigenvalue weighted by molar-refractivity contribution is 6.03. The molecule has 8 rings (SSSR count). The van der Waals surface area contributed by atoms with Gasteiger partial charge in [-0.3, -0.25) is 9.59 Å². The van der Waals surface area contributed by atoms with Gasteiger partial charge in [0.25, 0.3) is 5.91 Å². The lowest BCUT2D eigenvalue weighted by Crippen LogP contribution is -2.70. The van der Waals surface area contributed by atoms with Crippen LogP contribution in [-0.2, 0) is 16.1 Å². The van der Waals surface area contributed by atoms with Crippen LogP contribution in [0.2, 0.25) is 0 Å². The molecule has 2 N–H and O–H groups in total. The van der Waals surface area contributed by atoms with E-state index < -0.39 is 17.7 Å². The predicted molar refractivity (Wildman–Crippen MR) is 242 cm³/mol. The number of aldehydes is 1. The predicted octanol–water partition coefficient (Wildman–Crippen LogP) is 8.89. The van der Waals surface area contributed by atoms with Crippen LogP contribution in [0.15, 0.2) is 114 Å². The SMILES string of the molecule is C=CCOC12Oc3ccc(Oc4cccc(C=O)c4)cc3C3C(CCCCO)C(CCCCO)C=C(C(=NOCC)CC1N(Cc1ccc4c(c1)OCO4)C(=O)c1ccc(C#N)cc1)C32. The Labute approximate surface area is 379 Å². The number of aliphatic hydroxyl groups excluding tert-OH is 2. The first-order chi connectivity index (χ1) is 31.8. The molecule has 4 aliphatic rings. The van der Waals surface area contributed by atoms with Gasteiger partial charge in [-0.25, -0.2) is 0 Å². The number of carbonyl (C=O) groups is 2. The van der Waals surface area contributed by atoms with Gasteiger partial charge in [-0.15, -0.1) is 6.58 Å². The van der Waals surface area contributed by atoms with Crippen LogP contribution in [0.5, 0.6) is 28.7 Å². The van der Waals surface area contributed by atoms with Crippen LogP contribution in [0, 0.1) is 29.1 Å². The summed E-state index contributed by atoms with van der Waals surface area (Å²) in [5.74, 6) is 0.139. The summed E-state index contributed by atoms with van der Waals surface area (Å²) >= 11 is 0. The van der Waals surface area contributed by atoms with E-state index in [1.54, 1.807) is 59.5 Å². The summed E-state index contributed by atoms with van der Waals surface area (Å²) in [6, 6.07) is 26.3. The molecule has 0 bridgehead atoms. The summed E-state index contributed by atoms with van der Waals surface area (Å²) in [5.41, 5.74) is 4.52. The maximum absolute atomic E-state index is 15.4. The van der Waals surface area contributed by atoms with Gasteiger partial charge in [0.15, 0.2) is 11.5 Å². The summed E-state index contributed by atoms with van der Waals surface area (Å²) in [7, 11) is 0. The Morgan fingerprint density at radius 3 is 2.48 bits per heavy atom. The fourth-order valence-corrected chi connectivity index (χ4v) is 10.1. The smallest absolute Gasteiger partial charge is 0.254 e. The highest BCUT2D eigenvalue weighted by Gasteiger charge is 2.65. The average Bonchev–Trinajstić information content (AvgIpc) is 3.81. The van der Waals surface area contributed by atoms with Crippen LogP contribution in [-0.4, -0.2) is 78.1 Å². The molecule has 1 amide bonds. The van der Waals surface area contributed by atoms with Crippen molar-refractivity contribution in [1.29, 1.82) is 5.26 Å². The molecule has 13 nitrogen and oxygen atoms in total. The Morgan fingerprint density at radius 2 is 1.72 bits per heavy atom. The van der Waals surface area contributed by atoms with Crippen LogP contribution in [0.25, 0.3) is 0 Å². The van der Waals surface area contributed by atoms with Gasteiger partial charge in [0, 0.05) is 48.8 Å². The standard InChI is InChI=1S/C52H55N3O10/c1-3-24-62-52-48(55(51(59)37-17-14-34(30-53)15-18-37)31-35-16-20-46-47(26-35)61-33-60-46)29-44(54-63-4-2)42-27-38(11-5-7-22-56)41(13-6-8-23-57)49(50(42)52)43-28-40(19-21-45(43)65-52)64-39-12-9-10-36(25-39)32-58/h3,9-10,12,14-21,25-28,32,38,41,48-50,56-57H,1,4-8,11,13,22-24,29,31,33H2,2H3. The number of nitriles is 1. The molecule has 0 aromatic heterocycles. The maximum atomic E-state index is 15.4. The number of oxime groups is 1. The lowest BCUT2D eigenvalue weighted by molar-refractivity contribution is -0.255. The van der Waals surface area contributed by atoms with Crippen LogP contribution >= 0.6 is 0 Å². The van der Waals surface area contributed by atoms with Crippen molar-refractivity contribution >= 4 is 17.9 Å². The molecule has 6 unspecified atom stereocenters. The monoisotopic (exact) mass is 881 g/mol. The third-order valence-corrected chi connectivity index (χ3v) is 12.9. The highest BCUT2D eigenvalue weighted by Crippen LogP contribution is 2.62. The van der Waals surface area contributed by atoms with Gasteiger partial charge < -0.3 is 43.6 Å². The van der Waals surface area contributed by atoms with Crippen molar-refractivity contribution in [3.8, 4) is 34.8 Å². The fourth-order valence-electron chi connectivity index (χ4n) is 10.1. The van der Waals surface area contributed by atoms with Gasteiger partial charge in [-0.1, -0.05) is 48.3 Å². The molecule has 1 fully saturated rings. The number of carbonyl (C=O) groups excluding carboxylic acids is 2. The van der Waals surface area contributed by atoms with Crippen molar-refractivity contribution in [2.24, 2.45) is 22.9 Å². The van der Waals surface area contributed by atoms with Gasteiger partial charge in [-0.2, -0.15) is 5.26 Å². The van der Waals surface area contributed by atoms with E-state index in [2.05, 4.69) is 18.7 Å². The average molecular weight is 882 g/mol. The molecule has 13 heteroatoms. The molecule has 0 radical (unpaired) electrons. The number of hydrogen-bond acceptors (Lipinski definition) is 12. The minimum atomic E-state index is -1.52. The van der Waals surface area contributed by atoms with Crippen molar-refractivity contribution in [2.45, 2.75) is 76.2 Å². The lowest BCUT2D eigenvalue weighted by Gasteiger charge is -2.60. The molecule has 6 atom stereocenters. The van der Waals surface area contributed by atoms with E-state index in [1.807, 2.05) is 43.3 Å². The van der Waals surface area contributed by atoms with Crippen LogP contribution in [0.1, 0.15) is 95.2 Å². The molecule has 0 spiro atoms. The van der Waals surface area contributed by atoms with Crippen molar-refractivity contribution in [3.63, 3.8) is 0 Å². The van der Waals surface area contributed by atoms with Crippen molar-refractivity contribution in [2.75, 3.05) is 33.2 Å². The number of ether oxygens (including phenoxy) is 5. The van der Waals surface area contributed by atoms with Crippen molar-refractivity contribution in [3.05, 3.63) is 137 Å². The highest BCUT2D eigenvalue weighted by atomic mass is 16.7. The number of allylic oxidation sites excluding steroid dienone is 1. The van der Waals surface area contributed by atoms with Crippen molar-refractivity contribution in [1.82, 2.24) is 4.90 Å². The van der Waals surface area contributed by atoms with E-state index in [0.29, 0.717) is 70.6 Å². The van der Waals surface area contributed by atoms with Gasteiger partial charge in [0.2, 0.25) is 12.6 Å². The fraction of sp³-hybridized carbons (Fsp3) is 0.385. The molecule has 4 aromatic carbocycles. The van der Waals surface area contributed by atoms with E-state index in [4.69, 9.17) is 33.7 Å². The number of fused-ring (bicyclic) bond motifs is 3. The van der Waals surface area contributed by atoms with Crippen LogP contribution in [0.4, 0.5) is 0 Å². The molecule has 338 valence electrons. The first kappa shape index (κ1) is 45.1. The Hall–Kier alpha value is -6.46. The topological polar surface area (TPSA) is 169 Å². The van der Waals surface area contributed by atoms with E-state index >= 15 is 4.79 Å². The minimum absolute atomic E-state index is 0.0133.